The van der Waals surface area contributed by atoms with Gasteiger partial charge in [0.05, 0.1) is 11.4 Å². The molecule has 1 aromatic rings. The van der Waals surface area contributed by atoms with E-state index in [1.165, 1.54) is 0 Å². The maximum atomic E-state index is 5.96. The summed E-state index contributed by atoms with van der Waals surface area (Å²) in [6.07, 6.45) is 0. The first kappa shape index (κ1) is 10.8. The average molecular weight is 197 g/mol. The van der Waals surface area contributed by atoms with Crippen LogP contribution >= 0.6 is 0 Å². The van der Waals surface area contributed by atoms with Gasteiger partial charge in [-0.05, 0) is 5.92 Å². The minimum Gasteiger partial charge on any atom is -0.394 e. The van der Waals surface area contributed by atoms with Gasteiger partial charge in [-0.25, -0.2) is 0 Å². The third-order valence-electron chi connectivity index (χ3n) is 2.10. The van der Waals surface area contributed by atoms with Crippen molar-refractivity contribution in [3.63, 3.8) is 0 Å². The Morgan fingerprint density at radius 2 is 2.14 bits per heavy atom. The molecule has 5 nitrogen and oxygen atoms in total. The van der Waals surface area contributed by atoms with Crippen molar-refractivity contribution >= 4 is 11.5 Å². The number of nitrogen functional groups attached to an aromatic ring is 1. The van der Waals surface area contributed by atoms with Crippen molar-refractivity contribution in [3.8, 4) is 0 Å². The topological polar surface area (TPSA) is 81.9 Å². The summed E-state index contributed by atoms with van der Waals surface area (Å²) in [5.41, 5.74) is 13.0. The molecule has 5 heteroatoms. The molecule has 0 fully saturated rings. The van der Waals surface area contributed by atoms with Gasteiger partial charge in [-0.15, -0.1) is 0 Å². The number of hydrogen-bond donors (Lipinski definition) is 3. The maximum absolute atomic E-state index is 5.96. The van der Waals surface area contributed by atoms with Gasteiger partial charge in [0.1, 0.15) is 5.82 Å². The fraction of sp³-hybridized carbons (Fsp3) is 0.667. The van der Waals surface area contributed by atoms with Crippen molar-refractivity contribution in [3.05, 3.63) is 5.69 Å². The molecular weight excluding hydrogens is 178 g/mol. The summed E-state index contributed by atoms with van der Waals surface area (Å²) in [5, 5.41) is 7.51. The first-order valence-electron chi connectivity index (χ1n) is 4.84. The zero-order chi connectivity index (χ0) is 10.7. The normalized spacial score (nSPS) is 10.9. The molecule has 0 bridgehead atoms. The number of anilines is 2. The van der Waals surface area contributed by atoms with Gasteiger partial charge in [-0.1, -0.05) is 13.8 Å². The summed E-state index contributed by atoms with van der Waals surface area (Å²) in [7, 11) is 1.88. The standard InChI is InChI=1S/C9H19N5/c1-6(2)8-7(11)9(12-5-4-10)14(3)13-8/h6,12H,4-5,10-11H2,1-3H3. The second kappa shape index (κ2) is 4.32. The van der Waals surface area contributed by atoms with Crippen LogP contribution in [0.5, 0.6) is 0 Å². The number of nitrogens with one attached hydrogen (secondary N) is 1. The predicted octanol–water partition coefficient (Wildman–Crippen LogP) is 0.496. The number of rotatable bonds is 4. The van der Waals surface area contributed by atoms with E-state index in [0.717, 1.165) is 17.2 Å². The molecule has 5 N–H and O–H groups in total. The summed E-state index contributed by atoms with van der Waals surface area (Å²) in [4.78, 5) is 0. The fourth-order valence-electron chi connectivity index (χ4n) is 1.39. The molecule has 0 unspecified atom stereocenters. The highest BCUT2D eigenvalue weighted by Crippen LogP contribution is 2.27. The van der Waals surface area contributed by atoms with Crippen molar-refractivity contribution in [2.75, 3.05) is 24.1 Å². The van der Waals surface area contributed by atoms with Gasteiger partial charge in [0.25, 0.3) is 0 Å². The highest BCUT2D eigenvalue weighted by atomic mass is 15.3. The third-order valence-corrected chi connectivity index (χ3v) is 2.10. The van der Waals surface area contributed by atoms with Gasteiger partial charge in [-0.2, -0.15) is 5.10 Å². The van der Waals surface area contributed by atoms with Crippen LogP contribution in [0.15, 0.2) is 0 Å². The number of nitrogens with zero attached hydrogens (tertiary/aromatic N) is 2. The Morgan fingerprint density at radius 1 is 1.50 bits per heavy atom. The van der Waals surface area contributed by atoms with Crippen LogP contribution in [0.25, 0.3) is 0 Å². The monoisotopic (exact) mass is 197 g/mol. The molecule has 0 amide bonds. The zero-order valence-electron chi connectivity index (χ0n) is 9.04. The molecule has 0 aliphatic heterocycles. The Labute approximate surface area is 84.5 Å². The van der Waals surface area contributed by atoms with Crippen molar-refractivity contribution in [2.24, 2.45) is 12.8 Å². The van der Waals surface area contributed by atoms with Gasteiger partial charge in [0, 0.05) is 20.1 Å². The van der Waals surface area contributed by atoms with E-state index in [0.29, 0.717) is 19.0 Å². The first-order valence-corrected chi connectivity index (χ1v) is 4.84. The molecule has 1 heterocycles. The minimum absolute atomic E-state index is 0.342. The number of hydrogen-bond acceptors (Lipinski definition) is 4. The van der Waals surface area contributed by atoms with E-state index in [4.69, 9.17) is 11.5 Å². The Kier molecular flexibility index (Phi) is 3.35. The van der Waals surface area contributed by atoms with E-state index in [1.807, 2.05) is 7.05 Å². The van der Waals surface area contributed by atoms with Crippen LogP contribution in [0, 0.1) is 0 Å². The highest BCUT2D eigenvalue weighted by Gasteiger charge is 2.14. The second-order valence-corrected chi connectivity index (χ2v) is 3.64. The summed E-state index contributed by atoms with van der Waals surface area (Å²) < 4.78 is 1.76. The molecule has 0 aliphatic carbocycles. The Bertz CT molecular complexity index is 302. The summed E-state index contributed by atoms with van der Waals surface area (Å²) in [6.45, 7) is 5.44. The quantitative estimate of drug-likeness (QED) is 0.656. The zero-order valence-corrected chi connectivity index (χ0v) is 9.04. The van der Waals surface area contributed by atoms with Crippen LogP contribution in [-0.4, -0.2) is 22.9 Å². The van der Waals surface area contributed by atoms with Crippen LogP contribution in [0.2, 0.25) is 0 Å². The molecule has 0 aromatic carbocycles. The molecule has 1 rings (SSSR count). The molecular formula is C9H19N5. The predicted molar refractivity (Wildman–Crippen MR) is 59.3 cm³/mol. The van der Waals surface area contributed by atoms with E-state index < -0.39 is 0 Å². The Hall–Kier alpha value is -1.23. The van der Waals surface area contributed by atoms with E-state index in [2.05, 4.69) is 24.3 Å². The van der Waals surface area contributed by atoms with E-state index in [1.54, 1.807) is 4.68 Å². The molecule has 0 saturated carbocycles. The molecule has 0 atom stereocenters. The lowest BCUT2D eigenvalue weighted by atomic mass is 10.1. The maximum Gasteiger partial charge on any atom is 0.147 e. The molecule has 0 radical (unpaired) electrons. The van der Waals surface area contributed by atoms with Gasteiger partial charge in [0.2, 0.25) is 0 Å². The van der Waals surface area contributed by atoms with Crippen molar-refractivity contribution in [1.82, 2.24) is 9.78 Å². The second-order valence-electron chi connectivity index (χ2n) is 3.64. The van der Waals surface area contributed by atoms with Gasteiger partial charge in [0.15, 0.2) is 0 Å². The van der Waals surface area contributed by atoms with Crippen LogP contribution in [0.1, 0.15) is 25.5 Å². The SMILES string of the molecule is CC(C)c1nn(C)c(NCCN)c1N. The van der Waals surface area contributed by atoms with Crippen molar-refractivity contribution in [1.29, 1.82) is 0 Å². The summed E-state index contributed by atoms with van der Waals surface area (Å²) >= 11 is 0. The molecule has 14 heavy (non-hydrogen) atoms. The largest absolute Gasteiger partial charge is 0.394 e. The first-order chi connectivity index (χ1) is 6.57. The van der Waals surface area contributed by atoms with E-state index in [9.17, 15) is 0 Å². The minimum atomic E-state index is 0.342. The summed E-state index contributed by atoms with van der Waals surface area (Å²) in [5.74, 6) is 1.20. The highest BCUT2D eigenvalue weighted by molar-refractivity contribution is 5.65. The summed E-state index contributed by atoms with van der Waals surface area (Å²) in [6, 6.07) is 0. The van der Waals surface area contributed by atoms with E-state index in [-0.39, 0.29) is 0 Å². The Balaban J connectivity index is 2.93. The van der Waals surface area contributed by atoms with Crippen LogP contribution in [0.4, 0.5) is 11.5 Å². The lowest BCUT2D eigenvalue weighted by Crippen LogP contribution is -2.15. The number of nitrogens with two attached hydrogens (primary N) is 2. The Morgan fingerprint density at radius 3 is 2.57 bits per heavy atom. The molecule has 0 aliphatic rings. The molecule has 80 valence electrons. The van der Waals surface area contributed by atoms with Gasteiger partial charge >= 0.3 is 0 Å². The van der Waals surface area contributed by atoms with Crippen LogP contribution in [-0.2, 0) is 7.05 Å². The van der Waals surface area contributed by atoms with Gasteiger partial charge in [-0.3, -0.25) is 4.68 Å². The van der Waals surface area contributed by atoms with Crippen molar-refractivity contribution in [2.45, 2.75) is 19.8 Å². The third kappa shape index (κ3) is 1.98. The van der Waals surface area contributed by atoms with Gasteiger partial charge < -0.3 is 16.8 Å². The van der Waals surface area contributed by atoms with Crippen molar-refractivity contribution < 1.29 is 0 Å². The van der Waals surface area contributed by atoms with Crippen LogP contribution in [0.3, 0.4) is 0 Å². The lowest BCUT2D eigenvalue weighted by molar-refractivity contribution is 0.715. The molecule has 0 spiro atoms. The average Bonchev–Trinajstić information content (AvgIpc) is 2.40. The smallest absolute Gasteiger partial charge is 0.147 e. The number of aromatic nitrogens is 2. The molecule has 1 aromatic heterocycles. The lowest BCUT2D eigenvalue weighted by Gasteiger charge is -2.05. The molecule has 0 saturated heterocycles. The van der Waals surface area contributed by atoms with E-state index >= 15 is 0 Å². The van der Waals surface area contributed by atoms with Crippen LogP contribution < -0.4 is 16.8 Å². The fourth-order valence-corrected chi connectivity index (χ4v) is 1.39. The number of aryl methyl sites for hydroxylation is 1.